The van der Waals surface area contributed by atoms with Crippen LogP contribution in [0.1, 0.15) is 13.3 Å². The predicted octanol–water partition coefficient (Wildman–Crippen LogP) is 2.96. The van der Waals surface area contributed by atoms with E-state index < -0.39 is 18.7 Å². The van der Waals surface area contributed by atoms with Gasteiger partial charge in [0.1, 0.15) is 0 Å². The van der Waals surface area contributed by atoms with Gasteiger partial charge < -0.3 is 15.4 Å². The Labute approximate surface area is 157 Å². The van der Waals surface area contributed by atoms with Crippen molar-refractivity contribution < 1.29 is 26.7 Å². The fraction of sp³-hybridized carbons (Fsp3) is 0.647. The summed E-state index contributed by atoms with van der Waals surface area (Å²) in [5, 5.41) is 10.9. The highest BCUT2D eigenvalue weighted by atomic mass is 19.4. The molecule has 2 N–H and O–H groups in total. The number of ether oxygens (including phenoxy) is 1. The zero-order valence-electron chi connectivity index (χ0n) is 15.0. The van der Waals surface area contributed by atoms with Gasteiger partial charge in [-0.15, -0.1) is 5.10 Å². The van der Waals surface area contributed by atoms with E-state index in [9.17, 15) is 22.0 Å². The first kappa shape index (κ1) is 19.2. The van der Waals surface area contributed by atoms with Gasteiger partial charge in [-0.05, 0) is 36.4 Å². The molecule has 11 heteroatoms. The van der Waals surface area contributed by atoms with Crippen LogP contribution in [0.2, 0.25) is 0 Å². The highest BCUT2D eigenvalue weighted by molar-refractivity contribution is 5.56. The number of hydrogen-bond acceptors (Lipinski definition) is 5. The fourth-order valence-electron chi connectivity index (χ4n) is 4.25. The van der Waals surface area contributed by atoms with E-state index in [4.69, 9.17) is 4.74 Å². The van der Waals surface area contributed by atoms with Crippen molar-refractivity contribution >= 4 is 11.6 Å². The third kappa shape index (κ3) is 3.15. The number of nitrogens with one attached hydrogen (secondary N) is 2. The SMILES string of the molecule is CC[C@@H]1C2CNC[C@H]2[C@@H]1Nc1nc2c(OCC(F)(F)C(F)(F)F)cccn2n1. The molecule has 2 aromatic heterocycles. The molecule has 0 amide bonds. The van der Waals surface area contributed by atoms with Crippen molar-refractivity contribution in [3.8, 4) is 5.75 Å². The Hall–Kier alpha value is -2.17. The molecule has 2 aliphatic rings. The molecule has 1 saturated carbocycles. The van der Waals surface area contributed by atoms with Gasteiger partial charge in [-0.2, -0.15) is 26.9 Å². The van der Waals surface area contributed by atoms with Gasteiger partial charge >= 0.3 is 12.1 Å². The molecule has 6 nitrogen and oxygen atoms in total. The van der Waals surface area contributed by atoms with E-state index in [0.29, 0.717) is 23.7 Å². The summed E-state index contributed by atoms with van der Waals surface area (Å²) < 4.78 is 69.4. The molecule has 0 bridgehead atoms. The molecule has 1 saturated heterocycles. The van der Waals surface area contributed by atoms with Gasteiger partial charge in [0.25, 0.3) is 0 Å². The van der Waals surface area contributed by atoms with Crippen molar-refractivity contribution in [1.29, 1.82) is 0 Å². The second-order valence-corrected chi connectivity index (χ2v) is 7.30. The summed E-state index contributed by atoms with van der Waals surface area (Å²) in [5.74, 6) is -3.28. The Morgan fingerprint density at radius 3 is 2.71 bits per heavy atom. The Morgan fingerprint density at radius 2 is 2.00 bits per heavy atom. The topological polar surface area (TPSA) is 63.5 Å². The third-order valence-electron chi connectivity index (χ3n) is 5.70. The second kappa shape index (κ2) is 6.71. The molecule has 3 heterocycles. The first-order chi connectivity index (χ1) is 13.2. The minimum Gasteiger partial charge on any atom is -0.483 e. The van der Waals surface area contributed by atoms with E-state index in [1.54, 1.807) is 0 Å². The first-order valence-electron chi connectivity index (χ1n) is 9.11. The van der Waals surface area contributed by atoms with E-state index in [1.165, 1.54) is 22.8 Å². The Balaban J connectivity index is 1.51. The highest BCUT2D eigenvalue weighted by Gasteiger charge is 2.58. The van der Waals surface area contributed by atoms with E-state index in [1.807, 2.05) is 0 Å². The summed E-state index contributed by atoms with van der Waals surface area (Å²) in [6.07, 6.45) is -3.14. The largest absolute Gasteiger partial charge is 0.483 e. The Morgan fingerprint density at radius 1 is 1.25 bits per heavy atom. The molecular weight excluding hydrogens is 385 g/mol. The van der Waals surface area contributed by atoms with Crippen molar-refractivity contribution in [2.45, 2.75) is 31.5 Å². The number of pyridine rings is 1. The molecule has 2 aromatic rings. The number of rotatable bonds is 6. The minimum atomic E-state index is -5.68. The Bertz CT molecular complexity index is 854. The molecule has 1 aliphatic heterocycles. The second-order valence-electron chi connectivity index (χ2n) is 7.30. The molecule has 28 heavy (non-hydrogen) atoms. The third-order valence-corrected chi connectivity index (χ3v) is 5.70. The van der Waals surface area contributed by atoms with E-state index in [0.717, 1.165) is 19.5 Å². The van der Waals surface area contributed by atoms with Crippen molar-refractivity contribution in [3.05, 3.63) is 18.3 Å². The normalized spacial score (nSPS) is 27.5. The number of aromatic nitrogens is 3. The molecule has 2 fully saturated rings. The first-order valence-corrected chi connectivity index (χ1v) is 9.11. The zero-order valence-corrected chi connectivity index (χ0v) is 15.0. The zero-order chi connectivity index (χ0) is 20.1. The summed E-state index contributed by atoms with van der Waals surface area (Å²) in [6, 6.07) is 2.93. The number of fused-ring (bicyclic) bond motifs is 2. The smallest absolute Gasteiger partial charge is 0.456 e. The van der Waals surface area contributed by atoms with Gasteiger partial charge in [0, 0.05) is 18.8 Å². The number of nitrogens with zero attached hydrogens (tertiary/aromatic N) is 3. The lowest BCUT2D eigenvalue weighted by molar-refractivity contribution is -0.289. The van der Waals surface area contributed by atoms with Crippen LogP contribution in [0.15, 0.2) is 18.3 Å². The minimum absolute atomic E-state index is 0.0800. The molecule has 4 rings (SSSR count). The highest BCUT2D eigenvalue weighted by Crippen LogP contribution is 2.46. The van der Waals surface area contributed by atoms with Crippen LogP contribution < -0.4 is 15.4 Å². The monoisotopic (exact) mass is 405 g/mol. The summed E-state index contributed by atoms with van der Waals surface area (Å²) >= 11 is 0. The van der Waals surface area contributed by atoms with Crippen molar-refractivity contribution in [3.63, 3.8) is 0 Å². The number of hydrogen-bond donors (Lipinski definition) is 2. The molecule has 1 unspecified atom stereocenters. The van der Waals surface area contributed by atoms with E-state index in [-0.39, 0.29) is 17.4 Å². The van der Waals surface area contributed by atoms with Crippen LogP contribution in [0.25, 0.3) is 5.65 Å². The summed E-state index contributed by atoms with van der Waals surface area (Å²) in [5.41, 5.74) is 0.0800. The van der Waals surface area contributed by atoms with Crippen LogP contribution in [0.3, 0.4) is 0 Å². The lowest BCUT2D eigenvalue weighted by atomic mass is 9.61. The van der Waals surface area contributed by atoms with Crippen molar-refractivity contribution in [2.24, 2.45) is 17.8 Å². The van der Waals surface area contributed by atoms with Gasteiger partial charge in [-0.3, -0.25) is 0 Å². The van der Waals surface area contributed by atoms with Crippen LogP contribution in [0, 0.1) is 17.8 Å². The molecule has 154 valence electrons. The fourth-order valence-corrected chi connectivity index (χ4v) is 4.25. The van der Waals surface area contributed by atoms with Gasteiger partial charge in [0.05, 0.1) is 0 Å². The van der Waals surface area contributed by atoms with Gasteiger partial charge in [0.2, 0.25) is 5.95 Å². The maximum Gasteiger partial charge on any atom is 0.456 e. The molecular formula is C17H20F5N5O. The summed E-state index contributed by atoms with van der Waals surface area (Å²) in [7, 11) is 0. The molecule has 0 radical (unpaired) electrons. The molecule has 4 atom stereocenters. The van der Waals surface area contributed by atoms with Crippen LogP contribution in [-0.4, -0.2) is 52.4 Å². The molecule has 0 aromatic carbocycles. The van der Waals surface area contributed by atoms with Gasteiger partial charge in [0.15, 0.2) is 18.0 Å². The van der Waals surface area contributed by atoms with Crippen molar-refractivity contribution in [1.82, 2.24) is 19.9 Å². The Kier molecular flexibility index (Phi) is 4.59. The number of anilines is 1. The van der Waals surface area contributed by atoms with Gasteiger partial charge in [-0.1, -0.05) is 13.3 Å². The summed E-state index contributed by atoms with van der Waals surface area (Å²) in [4.78, 5) is 4.25. The van der Waals surface area contributed by atoms with Crippen LogP contribution in [0.4, 0.5) is 27.9 Å². The van der Waals surface area contributed by atoms with E-state index in [2.05, 4.69) is 27.6 Å². The number of halogens is 5. The van der Waals surface area contributed by atoms with E-state index >= 15 is 0 Å². The quantitative estimate of drug-likeness (QED) is 0.724. The average Bonchev–Trinajstić information content (AvgIpc) is 3.21. The lowest BCUT2D eigenvalue weighted by Crippen LogP contribution is -2.54. The summed E-state index contributed by atoms with van der Waals surface area (Å²) in [6.45, 7) is 2.21. The molecule has 1 aliphatic carbocycles. The van der Waals surface area contributed by atoms with Crippen molar-refractivity contribution in [2.75, 3.05) is 25.0 Å². The predicted molar refractivity (Wildman–Crippen MR) is 90.5 cm³/mol. The maximum absolute atomic E-state index is 13.1. The molecule has 0 spiro atoms. The van der Waals surface area contributed by atoms with Crippen LogP contribution >= 0.6 is 0 Å². The maximum atomic E-state index is 13.1. The standard InChI is InChI=1S/C17H20F5N5O/c1-2-9-10-6-23-7-11(10)13(9)24-15-25-14-12(4-3-5-27(14)26-15)28-8-16(18,19)17(20,21)22/h3-5,9-11,13,23H,2,6-8H2,1H3,(H,24,26)/t9-,10?,11-,13-/m1/s1. The van der Waals surface area contributed by atoms with Gasteiger partial charge in [-0.25, -0.2) is 4.52 Å². The van der Waals surface area contributed by atoms with Crippen LogP contribution in [-0.2, 0) is 0 Å². The lowest BCUT2D eigenvalue weighted by Gasteiger charge is -2.48. The average molecular weight is 405 g/mol. The van der Waals surface area contributed by atoms with Crippen LogP contribution in [0.5, 0.6) is 5.75 Å². The number of alkyl halides is 5.